The molecule has 0 aliphatic carbocycles. The Hall–Kier alpha value is -0.510. The van der Waals surface area contributed by atoms with Gasteiger partial charge < -0.3 is 15.3 Å². The van der Waals surface area contributed by atoms with Crippen LogP contribution >= 0.6 is 12.4 Å². The Morgan fingerprint density at radius 3 is 2.69 bits per heavy atom. The SMILES string of the molecule is Cc1ccc([C@@H](N)CCCO)o1.Cl. The van der Waals surface area contributed by atoms with Gasteiger partial charge in [0.1, 0.15) is 11.5 Å². The van der Waals surface area contributed by atoms with Gasteiger partial charge in [-0.2, -0.15) is 0 Å². The largest absolute Gasteiger partial charge is 0.465 e. The first-order valence-corrected chi connectivity index (χ1v) is 4.17. The number of halogens is 1. The van der Waals surface area contributed by atoms with Crippen molar-refractivity contribution in [1.29, 1.82) is 0 Å². The fourth-order valence-electron chi connectivity index (χ4n) is 1.11. The molecule has 13 heavy (non-hydrogen) atoms. The van der Waals surface area contributed by atoms with E-state index in [1.165, 1.54) is 0 Å². The molecular formula is C9H16ClNO2. The van der Waals surface area contributed by atoms with E-state index in [0.717, 1.165) is 24.4 Å². The summed E-state index contributed by atoms with van der Waals surface area (Å²) in [6, 6.07) is 3.71. The summed E-state index contributed by atoms with van der Waals surface area (Å²) in [6.07, 6.45) is 1.49. The van der Waals surface area contributed by atoms with Crippen molar-refractivity contribution >= 4 is 12.4 Å². The lowest BCUT2D eigenvalue weighted by atomic mass is 10.1. The lowest BCUT2D eigenvalue weighted by Crippen LogP contribution is -2.09. The maximum absolute atomic E-state index is 8.58. The Kier molecular flexibility index (Phi) is 5.79. The van der Waals surface area contributed by atoms with Crippen molar-refractivity contribution in [3.63, 3.8) is 0 Å². The molecule has 0 spiro atoms. The monoisotopic (exact) mass is 205 g/mol. The van der Waals surface area contributed by atoms with Gasteiger partial charge in [-0.25, -0.2) is 0 Å². The molecule has 4 heteroatoms. The van der Waals surface area contributed by atoms with Crippen molar-refractivity contribution in [3.8, 4) is 0 Å². The van der Waals surface area contributed by atoms with Crippen LogP contribution in [0.5, 0.6) is 0 Å². The minimum atomic E-state index is -0.0779. The molecule has 0 saturated heterocycles. The second kappa shape index (κ2) is 6.02. The number of rotatable bonds is 4. The molecular weight excluding hydrogens is 190 g/mol. The molecule has 0 amide bonds. The Bertz CT molecular complexity index is 237. The second-order valence-electron chi connectivity index (χ2n) is 2.92. The van der Waals surface area contributed by atoms with E-state index in [0.29, 0.717) is 0 Å². The van der Waals surface area contributed by atoms with Crippen LogP contribution in [0.25, 0.3) is 0 Å². The van der Waals surface area contributed by atoms with Gasteiger partial charge in [-0.05, 0) is 31.9 Å². The molecule has 0 aliphatic rings. The van der Waals surface area contributed by atoms with Gasteiger partial charge in [0.15, 0.2) is 0 Å². The van der Waals surface area contributed by atoms with Gasteiger partial charge >= 0.3 is 0 Å². The number of hydrogen-bond acceptors (Lipinski definition) is 3. The molecule has 0 radical (unpaired) electrons. The summed E-state index contributed by atoms with van der Waals surface area (Å²) in [5, 5.41) is 8.58. The predicted octanol–water partition coefficient (Wildman–Crippen LogP) is 1.78. The topological polar surface area (TPSA) is 59.4 Å². The van der Waals surface area contributed by atoms with E-state index < -0.39 is 0 Å². The summed E-state index contributed by atoms with van der Waals surface area (Å²) in [6.45, 7) is 2.08. The molecule has 0 unspecified atom stereocenters. The summed E-state index contributed by atoms with van der Waals surface area (Å²) in [4.78, 5) is 0. The van der Waals surface area contributed by atoms with Gasteiger partial charge in [-0.1, -0.05) is 0 Å². The molecule has 0 aliphatic heterocycles. The lowest BCUT2D eigenvalue weighted by Gasteiger charge is -2.06. The Morgan fingerprint density at radius 2 is 2.23 bits per heavy atom. The van der Waals surface area contributed by atoms with E-state index in [4.69, 9.17) is 15.3 Å². The number of hydrogen-bond donors (Lipinski definition) is 2. The van der Waals surface area contributed by atoms with Crippen molar-refractivity contribution in [1.82, 2.24) is 0 Å². The van der Waals surface area contributed by atoms with Gasteiger partial charge in [0.25, 0.3) is 0 Å². The first-order valence-electron chi connectivity index (χ1n) is 4.17. The van der Waals surface area contributed by atoms with Crippen LogP contribution in [0.1, 0.15) is 30.4 Å². The van der Waals surface area contributed by atoms with Crippen LogP contribution in [-0.4, -0.2) is 11.7 Å². The molecule has 76 valence electrons. The highest BCUT2D eigenvalue weighted by molar-refractivity contribution is 5.85. The van der Waals surface area contributed by atoms with Gasteiger partial charge in [-0.15, -0.1) is 12.4 Å². The minimum absolute atomic E-state index is 0. The normalized spacial score (nSPS) is 12.2. The van der Waals surface area contributed by atoms with E-state index in [2.05, 4.69) is 0 Å². The number of furan rings is 1. The summed E-state index contributed by atoms with van der Waals surface area (Å²) in [5.41, 5.74) is 5.79. The summed E-state index contributed by atoms with van der Waals surface area (Å²) < 4.78 is 5.34. The predicted molar refractivity (Wildman–Crippen MR) is 53.9 cm³/mol. The summed E-state index contributed by atoms with van der Waals surface area (Å²) in [5.74, 6) is 1.69. The highest BCUT2D eigenvalue weighted by Gasteiger charge is 2.08. The highest BCUT2D eigenvalue weighted by Crippen LogP contribution is 2.17. The summed E-state index contributed by atoms with van der Waals surface area (Å²) >= 11 is 0. The van der Waals surface area contributed by atoms with E-state index in [1.807, 2.05) is 19.1 Å². The molecule has 1 heterocycles. The van der Waals surface area contributed by atoms with Gasteiger partial charge in [-0.3, -0.25) is 0 Å². The maximum atomic E-state index is 8.58. The molecule has 3 N–H and O–H groups in total. The zero-order valence-corrected chi connectivity index (χ0v) is 8.51. The first-order chi connectivity index (χ1) is 5.74. The van der Waals surface area contributed by atoms with E-state index >= 15 is 0 Å². The minimum Gasteiger partial charge on any atom is -0.465 e. The number of aliphatic hydroxyl groups excluding tert-OH is 1. The van der Waals surface area contributed by atoms with Crippen LogP contribution in [0.15, 0.2) is 16.5 Å². The number of aryl methyl sites for hydroxylation is 1. The van der Waals surface area contributed by atoms with Crippen molar-refractivity contribution < 1.29 is 9.52 Å². The van der Waals surface area contributed by atoms with Crippen LogP contribution in [0, 0.1) is 6.92 Å². The summed E-state index contributed by atoms with van der Waals surface area (Å²) in [7, 11) is 0. The average Bonchev–Trinajstić information content (AvgIpc) is 2.47. The van der Waals surface area contributed by atoms with Crippen LogP contribution < -0.4 is 5.73 Å². The third kappa shape index (κ3) is 3.81. The standard InChI is InChI=1S/C9H15NO2.ClH/c1-7-4-5-9(12-7)8(10)3-2-6-11;/h4-5,8,11H,2-3,6,10H2,1H3;1H/t8-;/m0./s1. The number of nitrogens with two attached hydrogens (primary N) is 1. The molecule has 3 nitrogen and oxygen atoms in total. The Balaban J connectivity index is 0.00000144. The first kappa shape index (κ1) is 12.5. The zero-order valence-electron chi connectivity index (χ0n) is 7.69. The molecule has 0 aromatic carbocycles. The van der Waals surface area contributed by atoms with E-state index in [-0.39, 0.29) is 25.1 Å². The fraction of sp³-hybridized carbons (Fsp3) is 0.556. The smallest absolute Gasteiger partial charge is 0.120 e. The van der Waals surface area contributed by atoms with Crippen molar-refractivity contribution in [3.05, 3.63) is 23.7 Å². The molecule has 1 rings (SSSR count). The van der Waals surface area contributed by atoms with Crippen LogP contribution in [-0.2, 0) is 0 Å². The van der Waals surface area contributed by atoms with E-state index in [9.17, 15) is 0 Å². The third-order valence-electron chi connectivity index (χ3n) is 1.80. The van der Waals surface area contributed by atoms with Crippen molar-refractivity contribution in [2.75, 3.05) is 6.61 Å². The maximum Gasteiger partial charge on any atom is 0.120 e. The van der Waals surface area contributed by atoms with Crippen LogP contribution in [0.4, 0.5) is 0 Å². The van der Waals surface area contributed by atoms with Gasteiger partial charge in [0.2, 0.25) is 0 Å². The van der Waals surface area contributed by atoms with Crippen LogP contribution in [0.2, 0.25) is 0 Å². The fourth-order valence-corrected chi connectivity index (χ4v) is 1.11. The molecule has 0 fully saturated rings. The van der Waals surface area contributed by atoms with Gasteiger partial charge in [0, 0.05) is 6.61 Å². The molecule has 1 aromatic heterocycles. The second-order valence-corrected chi connectivity index (χ2v) is 2.92. The van der Waals surface area contributed by atoms with Gasteiger partial charge in [0.05, 0.1) is 6.04 Å². The quantitative estimate of drug-likeness (QED) is 0.788. The Labute approximate surface area is 84.3 Å². The molecule has 1 atom stereocenters. The molecule has 1 aromatic rings. The Morgan fingerprint density at radius 1 is 1.54 bits per heavy atom. The van der Waals surface area contributed by atoms with E-state index in [1.54, 1.807) is 0 Å². The third-order valence-corrected chi connectivity index (χ3v) is 1.80. The zero-order chi connectivity index (χ0) is 8.97. The molecule has 0 saturated carbocycles. The van der Waals surface area contributed by atoms with Crippen molar-refractivity contribution in [2.45, 2.75) is 25.8 Å². The lowest BCUT2D eigenvalue weighted by molar-refractivity contribution is 0.276. The van der Waals surface area contributed by atoms with Crippen molar-refractivity contribution in [2.24, 2.45) is 5.73 Å². The molecule has 0 bridgehead atoms. The highest BCUT2D eigenvalue weighted by atomic mass is 35.5. The average molecular weight is 206 g/mol. The number of aliphatic hydroxyl groups is 1. The van der Waals surface area contributed by atoms with Crippen LogP contribution in [0.3, 0.4) is 0 Å².